The second kappa shape index (κ2) is 8.91. The molecule has 0 spiro atoms. The monoisotopic (exact) mass is 272 g/mol. The van der Waals surface area contributed by atoms with Gasteiger partial charge in [0.25, 0.3) is 5.91 Å². The summed E-state index contributed by atoms with van der Waals surface area (Å²) >= 11 is 0. The lowest BCUT2D eigenvalue weighted by atomic mass is 10.1. The van der Waals surface area contributed by atoms with E-state index in [2.05, 4.69) is 10.6 Å². The summed E-state index contributed by atoms with van der Waals surface area (Å²) in [4.78, 5) is 11.9. The van der Waals surface area contributed by atoms with Crippen molar-refractivity contribution in [1.82, 2.24) is 10.6 Å². The highest BCUT2D eigenvalue weighted by molar-refractivity contribution is 5.85. The molecule has 18 heavy (non-hydrogen) atoms. The van der Waals surface area contributed by atoms with Gasteiger partial charge in [-0.25, -0.2) is 0 Å². The number of likely N-dealkylation sites (N-methyl/N-ethyl adjacent to an activating group) is 1. The van der Waals surface area contributed by atoms with Crippen LogP contribution in [0, 0.1) is 0 Å². The summed E-state index contributed by atoms with van der Waals surface area (Å²) in [5.74, 6) is -0.110. The van der Waals surface area contributed by atoms with E-state index in [-0.39, 0.29) is 24.4 Å². The number of nitrogens with one attached hydrogen (secondary N) is 2. The Labute approximate surface area is 115 Å². The quantitative estimate of drug-likeness (QED) is 0.826. The van der Waals surface area contributed by atoms with E-state index in [9.17, 15) is 4.79 Å². The molecule has 1 amide bonds. The van der Waals surface area contributed by atoms with Crippen molar-refractivity contribution in [2.75, 3.05) is 20.7 Å². The summed E-state index contributed by atoms with van der Waals surface area (Å²) in [5.41, 5.74) is 0.865. The third kappa shape index (κ3) is 5.04. The molecule has 0 bridgehead atoms. The molecule has 1 rings (SSSR count). The van der Waals surface area contributed by atoms with Gasteiger partial charge in [-0.05, 0) is 19.5 Å². The molecular formula is C13H21ClN2O2. The van der Waals surface area contributed by atoms with Gasteiger partial charge < -0.3 is 15.4 Å². The Kier molecular flexibility index (Phi) is 8.37. The number of halogens is 1. The SMILES string of the molecule is CNC(C)CNC(=O)C(OC)c1ccccc1.Cl. The van der Waals surface area contributed by atoms with E-state index in [1.807, 2.05) is 44.3 Å². The van der Waals surface area contributed by atoms with Crippen LogP contribution in [0.2, 0.25) is 0 Å². The minimum absolute atomic E-state index is 0. The molecule has 0 saturated carbocycles. The number of methoxy groups -OCH3 is 1. The average Bonchev–Trinajstić information content (AvgIpc) is 2.38. The molecule has 102 valence electrons. The van der Waals surface area contributed by atoms with E-state index in [1.54, 1.807) is 7.11 Å². The summed E-state index contributed by atoms with van der Waals surface area (Å²) in [6.07, 6.45) is -0.541. The van der Waals surface area contributed by atoms with Crippen LogP contribution in [0.3, 0.4) is 0 Å². The Morgan fingerprint density at radius 1 is 1.33 bits per heavy atom. The van der Waals surface area contributed by atoms with Crippen LogP contribution < -0.4 is 10.6 Å². The maximum absolute atomic E-state index is 11.9. The van der Waals surface area contributed by atoms with Crippen LogP contribution in [0.4, 0.5) is 0 Å². The first kappa shape index (κ1) is 16.9. The van der Waals surface area contributed by atoms with E-state index < -0.39 is 6.10 Å². The number of hydrogen-bond donors (Lipinski definition) is 2. The van der Waals surface area contributed by atoms with Gasteiger partial charge in [-0.3, -0.25) is 4.79 Å². The van der Waals surface area contributed by atoms with E-state index in [0.29, 0.717) is 6.54 Å². The molecule has 0 aromatic heterocycles. The third-order valence-corrected chi connectivity index (χ3v) is 2.65. The molecule has 2 unspecified atom stereocenters. The van der Waals surface area contributed by atoms with Gasteiger partial charge in [-0.15, -0.1) is 12.4 Å². The molecule has 0 heterocycles. The van der Waals surface area contributed by atoms with Crippen LogP contribution >= 0.6 is 12.4 Å². The zero-order valence-electron chi connectivity index (χ0n) is 11.0. The molecule has 2 atom stereocenters. The number of ether oxygens (including phenoxy) is 1. The van der Waals surface area contributed by atoms with Crippen LogP contribution in [0.15, 0.2) is 30.3 Å². The molecule has 0 aliphatic heterocycles. The van der Waals surface area contributed by atoms with E-state index in [0.717, 1.165) is 5.56 Å². The Bertz CT molecular complexity index is 346. The molecule has 4 nitrogen and oxygen atoms in total. The molecule has 5 heteroatoms. The Balaban J connectivity index is 0.00000289. The van der Waals surface area contributed by atoms with Crippen LogP contribution in [0.1, 0.15) is 18.6 Å². The summed E-state index contributed by atoms with van der Waals surface area (Å²) < 4.78 is 5.23. The van der Waals surface area contributed by atoms with Crippen molar-refractivity contribution in [2.24, 2.45) is 0 Å². The zero-order chi connectivity index (χ0) is 12.7. The second-order valence-corrected chi connectivity index (χ2v) is 3.96. The number of amides is 1. The molecule has 1 aromatic rings. The zero-order valence-corrected chi connectivity index (χ0v) is 11.8. The van der Waals surface area contributed by atoms with Crippen molar-refractivity contribution in [1.29, 1.82) is 0 Å². The van der Waals surface area contributed by atoms with Gasteiger partial charge in [0.05, 0.1) is 0 Å². The minimum Gasteiger partial charge on any atom is -0.367 e. The first-order valence-corrected chi connectivity index (χ1v) is 5.71. The lowest BCUT2D eigenvalue weighted by molar-refractivity contribution is -0.131. The van der Waals surface area contributed by atoms with Gasteiger partial charge in [-0.1, -0.05) is 30.3 Å². The molecular weight excluding hydrogens is 252 g/mol. The van der Waals surface area contributed by atoms with Crippen molar-refractivity contribution >= 4 is 18.3 Å². The van der Waals surface area contributed by atoms with Crippen LogP contribution in [-0.4, -0.2) is 32.7 Å². The molecule has 0 saturated heterocycles. The van der Waals surface area contributed by atoms with Gasteiger partial charge in [0.2, 0.25) is 0 Å². The average molecular weight is 273 g/mol. The van der Waals surface area contributed by atoms with Gasteiger partial charge in [0.15, 0.2) is 6.10 Å². The molecule has 0 aliphatic carbocycles. The molecule has 0 fully saturated rings. The fourth-order valence-corrected chi connectivity index (χ4v) is 1.47. The Morgan fingerprint density at radius 3 is 2.44 bits per heavy atom. The van der Waals surface area contributed by atoms with Gasteiger partial charge >= 0.3 is 0 Å². The number of rotatable bonds is 6. The maximum Gasteiger partial charge on any atom is 0.253 e. The van der Waals surface area contributed by atoms with Crippen LogP contribution in [0.5, 0.6) is 0 Å². The van der Waals surface area contributed by atoms with Crippen LogP contribution in [0.25, 0.3) is 0 Å². The molecule has 0 aliphatic rings. The third-order valence-electron chi connectivity index (χ3n) is 2.65. The van der Waals surface area contributed by atoms with E-state index in [1.165, 1.54) is 0 Å². The Hall–Kier alpha value is -1.10. The predicted octanol–water partition coefficient (Wildman–Crippen LogP) is 1.52. The van der Waals surface area contributed by atoms with Crippen molar-refractivity contribution in [3.05, 3.63) is 35.9 Å². The fourth-order valence-electron chi connectivity index (χ4n) is 1.47. The summed E-state index contributed by atoms with van der Waals surface area (Å²) in [6, 6.07) is 9.71. The van der Waals surface area contributed by atoms with E-state index in [4.69, 9.17) is 4.74 Å². The largest absolute Gasteiger partial charge is 0.367 e. The van der Waals surface area contributed by atoms with E-state index >= 15 is 0 Å². The van der Waals surface area contributed by atoms with Gasteiger partial charge in [0, 0.05) is 19.7 Å². The summed E-state index contributed by atoms with van der Waals surface area (Å²) in [7, 11) is 3.40. The number of carbonyl (C=O) groups is 1. The molecule has 0 radical (unpaired) electrons. The standard InChI is InChI=1S/C13H20N2O2.ClH/c1-10(14-2)9-15-13(16)12(17-3)11-7-5-4-6-8-11;/h4-8,10,12,14H,9H2,1-3H3,(H,15,16);1H. The first-order valence-electron chi connectivity index (χ1n) is 5.71. The fraction of sp³-hybridized carbons (Fsp3) is 0.462. The highest BCUT2D eigenvalue weighted by Gasteiger charge is 2.19. The minimum atomic E-state index is -0.541. The van der Waals surface area contributed by atoms with Crippen molar-refractivity contribution < 1.29 is 9.53 Å². The van der Waals surface area contributed by atoms with Crippen molar-refractivity contribution in [3.8, 4) is 0 Å². The van der Waals surface area contributed by atoms with Crippen molar-refractivity contribution in [3.63, 3.8) is 0 Å². The predicted molar refractivity (Wildman–Crippen MR) is 75.0 cm³/mol. The lowest BCUT2D eigenvalue weighted by Crippen LogP contribution is -2.39. The lowest BCUT2D eigenvalue weighted by Gasteiger charge is -2.17. The first-order chi connectivity index (χ1) is 8.19. The van der Waals surface area contributed by atoms with Crippen LogP contribution in [-0.2, 0) is 9.53 Å². The topological polar surface area (TPSA) is 50.4 Å². The summed E-state index contributed by atoms with van der Waals surface area (Å²) in [6.45, 7) is 2.59. The van der Waals surface area contributed by atoms with Gasteiger partial charge in [-0.2, -0.15) is 0 Å². The van der Waals surface area contributed by atoms with Crippen molar-refractivity contribution in [2.45, 2.75) is 19.1 Å². The highest BCUT2D eigenvalue weighted by atomic mass is 35.5. The summed E-state index contributed by atoms with van der Waals surface area (Å²) in [5, 5.41) is 5.92. The highest BCUT2D eigenvalue weighted by Crippen LogP contribution is 2.15. The molecule has 2 N–H and O–H groups in total. The second-order valence-electron chi connectivity index (χ2n) is 3.96. The maximum atomic E-state index is 11.9. The van der Waals surface area contributed by atoms with Gasteiger partial charge in [0.1, 0.15) is 0 Å². The number of hydrogen-bond acceptors (Lipinski definition) is 3. The number of carbonyl (C=O) groups excluding carboxylic acids is 1. The normalized spacial score (nSPS) is 13.3. The molecule has 1 aromatic carbocycles. The number of benzene rings is 1. The smallest absolute Gasteiger partial charge is 0.253 e. The Morgan fingerprint density at radius 2 is 1.94 bits per heavy atom.